The number of carbonyl (C=O) groups is 1. The largest absolute Gasteiger partial charge is 0.326 e. The van der Waals surface area contributed by atoms with Gasteiger partial charge in [-0.2, -0.15) is 5.26 Å². The van der Waals surface area contributed by atoms with Crippen molar-refractivity contribution in [2.45, 2.75) is 31.7 Å². The maximum Gasteiger partial charge on any atom is 0.230 e. The summed E-state index contributed by atoms with van der Waals surface area (Å²) in [6.45, 7) is 2.62. The SMILES string of the molecule is CC(C(=O)N1CCCC1C#N)c1ccccc1. The molecule has 3 heteroatoms. The number of amides is 1. The normalized spacial score (nSPS) is 20.9. The molecule has 0 saturated carbocycles. The van der Waals surface area contributed by atoms with Gasteiger partial charge in [0, 0.05) is 6.54 Å². The van der Waals surface area contributed by atoms with Crippen LogP contribution in [0.2, 0.25) is 0 Å². The Hall–Kier alpha value is -1.82. The van der Waals surface area contributed by atoms with Crippen molar-refractivity contribution in [3.05, 3.63) is 35.9 Å². The summed E-state index contributed by atoms with van der Waals surface area (Å²) in [6.07, 6.45) is 1.75. The van der Waals surface area contributed by atoms with Gasteiger partial charge in [-0.05, 0) is 25.3 Å². The van der Waals surface area contributed by atoms with Gasteiger partial charge in [0.05, 0.1) is 12.0 Å². The van der Waals surface area contributed by atoms with E-state index in [1.54, 1.807) is 4.90 Å². The zero-order valence-corrected chi connectivity index (χ0v) is 9.97. The number of likely N-dealkylation sites (tertiary alicyclic amines) is 1. The van der Waals surface area contributed by atoms with Crippen molar-refractivity contribution >= 4 is 5.91 Å². The summed E-state index contributed by atoms with van der Waals surface area (Å²) in [4.78, 5) is 14.0. The standard InChI is InChI=1S/C14H16N2O/c1-11(12-6-3-2-4-7-12)14(17)16-9-5-8-13(16)10-15/h2-4,6-7,11,13H,5,8-9H2,1H3. The van der Waals surface area contributed by atoms with E-state index in [4.69, 9.17) is 5.26 Å². The number of benzene rings is 1. The van der Waals surface area contributed by atoms with E-state index in [9.17, 15) is 4.79 Å². The monoisotopic (exact) mass is 228 g/mol. The van der Waals surface area contributed by atoms with Gasteiger partial charge in [-0.25, -0.2) is 0 Å². The van der Waals surface area contributed by atoms with Crippen molar-refractivity contribution in [2.75, 3.05) is 6.54 Å². The topological polar surface area (TPSA) is 44.1 Å². The van der Waals surface area contributed by atoms with E-state index in [0.717, 1.165) is 18.4 Å². The highest BCUT2D eigenvalue weighted by Crippen LogP contribution is 2.24. The molecule has 0 aromatic heterocycles. The summed E-state index contributed by atoms with van der Waals surface area (Å²) in [5, 5.41) is 8.99. The van der Waals surface area contributed by atoms with Crippen LogP contribution in [0.3, 0.4) is 0 Å². The molecule has 3 nitrogen and oxygen atoms in total. The quantitative estimate of drug-likeness (QED) is 0.779. The van der Waals surface area contributed by atoms with Gasteiger partial charge < -0.3 is 4.90 Å². The molecule has 2 atom stereocenters. The van der Waals surface area contributed by atoms with Crippen LogP contribution in [-0.4, -0.2) is 23.4 Å². The lowest BCUT2D eigenvalue weighted by atomic mass is 9.99. The second-order valence-corrected chi connectivity index (χ2v) is 4.45. The second-order valence-electron chi connectivity index (χ2n) is 4.45. The lowest BCUT2D eigenvalue weighted by molar-refractivity contribution is -0.132. The molecule has 88 valence electrons. The van der Waals surface area contributed by atoms with Crippen LogP contribution in [0, 0.1) is 11.3 Å². The average Bonchev–Trinajstić information content (AvgIpc) is 2.86. The first-order valence-electron chi connectivity index (χ1n) is 5.99. The van der Waals surface area contributed by atoms with Crippen LogP contribution in [0.5, 0.6) is 0 Å². The van der Waals surface area contributed by atoms with Crippen LogP contribution in [0.15, 0.2) is 30.3 Å². The zero-order chi connectivity index (χ0) is 12.3. The number of nitrogens with zero attached hydrogens (tertiary/aromatic N) is 2. The Labute approximate surface area is 102 Å². The van der Waals surface area contributed by atoms with E-state index < -0.39 is 0 Å². The van der Waals surface area contributed by atoms with E-state index in [-0.39, 0.29) is 17.9 Å². The molecular weight excluding hydrogens is 212 g/mol. The molecule has 1 amide bonds. The highest BCUT2D eigenvalue weighted by atomic mass is 16.2. The Kier molecular flexibility index (Phi) is 3.43. The minimum Gasteiger partial charge on any atom is -0.326 e. The van der Waals surface area contributed by atoms with Crippen LogP contribution >= 0.6 is 0 Å². The summed E-state index contributed by atoms with van der Waals surface area (Å²) >= 11 is 0. The molecule has 1 aliphatic rings. The smallest absolute Gasteiger partial charge is 0.230 e. The predicted octanol–water partition coefficient (Wildman–Crippen LogP) is 2.30. The molecule has 1 heterocycles. The third-order valence-corrected chi connectivity index (χ3v) is 3.35. The zero-order valence-electron chi connectivity index (χ0n) is 9.97. The summed E-state index contributed by atoms with van der Waals surface area (Å²) in [5.74, 6) is -0.0922. The maximum atomic E-state index is 12.3. The lowest BCUT2D eigenvalue weighted by Crippen LogP contribution is -2.37. The van der Waals surface area contributed by atoms with Gasteiger partial charge in [0.15, 0.2) is 0 Å². The van der Waals surface area contributed by atoms with Crippen molar-refractivity contribution in [3.63, 3.8) is 0 Å². The van der Waals surface area contributed by atoms with Gasteiger partial charge in [0.25, 0.3) is 0 Å². The van der Waals surface area contributed by atoms with Crippen molar-refractivity contribution in [1.82, 2.24) is 4.90 Å². The van der Waals surface area contributed by atoms with Crippen molar-refractivity contribution in [2.24, 2.45) is 0 Å². The van der Waals surface area contributed by atoms with E-state index in [2.05, 4.69) is 6.07 Å². The van der Waals surface area contributed by atoms with Crippen LogP contribution in [-0.2, 0) is 4.79 Å². The first-order valence-corrected chi connectivity index (χ1v) is 5.99. The van der Waals surface area contributed by atoms with Crippen LogP contribution < -0.4 is 0 Å². The number of carbonyl (C=O) groups excluding carboxylic acids is 1. The van der Waals surface area contributed by atoms with Crippen LogP contribution in [0.4, 0.5) is 0 Å². The molecule has 1 fully saturated rings. The molecule has 0 bridgehead atoms. The Bertz CT molecular complexity index is 435. The highest BCUT2D eigenvalue weighted by Gasteiger charge is 2.31. The van der Waals surface area contributed by atoms with Gasteiger partial charge in [-0.3, -0.25) is 4.79 Å². The van der Waals surface area contributed by atoms with Gasteiger partial charge in [0.2, 0.25) is 5.91 Å². The average molecular weight is 228 g/mol. The van der Waals surface area contributed by atoms with Crippen molar-refractivity contribution in [1.29, 1.82) is 5.26 Å². The Morgan fingerprint density at radius 1 is 1.47 bits per heavy atom. The molecule has 1 aliphatic heterocycles. The van der Waals surface area contributed by atoms with Gasteiger partial charge in [0.1, 0.15) is 6.04 Å². The first-order chi connectivity index (χ1) is 8.24. The van der Waals surface area contributed by atoms with Gasteiger partial charge >= 0.3 is 0 Å². The molecule has 1 aromatic rings. The third kappa shape index (κ3) is 2.31. The summed E-state index contributed by atoms with van der Waals surface area (Å²) in [7, 11) is 0. The molecule has 2 rings (SSSR count). The maximum absolute atomic E-state index is 12.3. The Morgan fingerprint density at radius 3 is 2.82 bits per heavy atom. The van der Waals surface area contributed by atoms with E-state index >= 15 is 0 Å². The Balaban J connectivity index is 2.13. The molecule has 0 N–H and O–H groups in total. The van der Waals surface area contributed by atoms with Gasteiger partial charge in [-0.15, -0.1) is 0 Å². The molecular formula is C14H16N2O. The molecule has 1 saturated heterocycles. The molecule has 0 radical (unpaired) electrons. The third-order valence-electron chi connectivity index (χ3n) is 3.35. The number of rotatable bonds is 2. The molecule has 0 aliphatic carbocycles. The van der Waals surface area contributed by atoms with Crippen LogP contribution in [0.1, 0.15) is 31.2 Å². The molecule has 0 spiro atoms. The first kappa shape index (κ1) is 11.7. The fourth-order valence-electron chi connectivity index (χ4n) is 2.30. The highest BCUT2D eigenvalue weighted by molar-refractivity contribution is 5.84. The minimum absolute atomic E-state index is 0.0697. The Morgan fingerprint density at radius 2 is 2.18 bits per heavy atom. The van der Waals surface area contributed by atoms with Crippen LogP contribution in [0.25, 0.3) is 0 Å². The van der Waals surface area contributed by atoms with Gasteiger partial charge in [-0.1, -0.05) is 30.3 Å². The van der Waals surface area contributed by atoms with E-state index in [0.29, 0.717) is 6.54 Å². The summed E-state index contributed by atoms with van der Waals surface area (Å²) in [5.41, 5.74) is 1.01. The predicted molar refractivity (Wildman–Crippen MR) is 65.2 cm³/mol. The fraction of sp³-hybridized carbons (Fsp3) is 0.429. The minimum atomic E-state index is -0.228. The fourth-order valence-corrected chi connectivity index (χ4v) is 2.30. The summed E-state index contributed by atoms with van der Waals surface area (Å²) in [6, 6.07) is 11.7. The van der Waals surface area contributed by atoms with E-state index in [1.165, 1.54) is 0 Å². The van der Waals surface area contributed by atoms with Crippen molar-refractivity contribution in [3.8, 4) is 6.07 Å². The number of hydrogen-bond acceptors (Lipinski definition) is 2. The molecule has 2 unspecified atom stereocenters. The lowest BCUT2D eigenvalue weighted by Gasteiger charge is -2.23. The second kappa shape index (κ2) is 5.01. The number of hydrogen-bond donors (Lipinski definition) is 0. The van der Waals surface area contributed by atoms with E-state index in [1.807, 2.05) is 37.3 Å². The number of nitriles is 1. The van der Waals surface area contributed by atoms with Crippen molar-refractivity contribution < 1.29 is 4.79 Å². The summed E-state index contributed by atoms with van der Waals surface area (Å²) < 4.78 is 0. The molecule has 17 heavy (non-hydrogen) atoms. The molecule has 1 aromatic carbocycles.